The van der Waals surface area contributed by atoms with Gasteiger partial charge in [0.05, 0.1) is 0 Å². The van der Waals surface area contributed by atoms with Crippen molar-refractivity contribution in [2.24, 2.45) is 0 Å². The lowest BCUT2D eigenvalue weighted by molar-refractivity contribution is 0.935. The predicted molar refractivity (Wildman–Crippen MR) is 82.9 cm³/mol. The molecule has 102 valence electrons. The summed E-state index contributed by atoms with van der Waals surface area (Å²) in [5, 5.41) is 14.1. The Morgan fingerprint density at radius 3 is 2.85 bits per heavy atom. The lowest BCUT2D eigenvalue weighted by Gasteiger charge is -2.01. The molecule has 0 aliphatic heterocycles. The van der Waals surface area contributed by atoms with Crippen molar-refractivity contribution in [2.45, 2.75) is 42.0 Å². The van der Waals surface area contributed by atoms with Crippen molar-refractivity contribution in [3.05, 3.63) is 21.8 Å². The largest absolute Gasteiger partial charge is 0.226 e. The molecule has 7 heteroatoms. The van der Waals surface area contributed by atoms with Crippen LogP contribution in [0.25, 0.3) is 10.2 Å². The van der Waals surface area contributed by atoms with Gasteiger partial charge in [-0.3, -0.25) is 0 Å². The Morgan fingerprint density at radius 2 is 2.05 bits per heavy atom. The molecule has 0 radical (unpaired) electrons. The van der Waals surface area contributed by atoms with Crippen LogP contribution < -0.4 is 0 Å². The first-order valence-corrected chi connectivity index (χ1v) is 8.95. The van der Waals surface area contributed by atoms with Gasteiger partial charge in [-0.2, -0.15) is 0 Å². The number of fused-ring (bicyclic) bond motifs is 1. The molecule has 0 spiro atoms. The smallest absolute Gasteiger partial charge is 0.180 e. The highest BCUT2D eigenvalue weighted by Gasteiger charge is 2.27. The van der Waals surface area contributed by atoms with E-state index < -0.39 is 0 Å². The molecule has 4 nitrogen and oxygen atoms in total. The molecule has 1 fully saturated rings. The van der Waals surface area contributed by atoms with Crippen molar-refractivity contribution >= 4 is 44.7 Å². The molecular formula is C13H12N4S3. The van der Waals surface area contributed by atoms with E-state index in [1.54, 1.807) is 34.4 Å². The molecule has 1 saturated carbocycles. The zero-order chi connectivity index (χ0) is 13.7. The Labute approximate surface area is 128 Å². The fourth-order valence-corrected chi connectivity index (χ4v) is 5.28. The maximum Gasteiger partial charge on any atom is 0.180 e. The van der Waals surface area contributed by atoms with E-state index in [0.717, 1.165) is 25.4 Å². The predicted octanol–water partition coefficient (Wildman–Crippen LogP) is 4.19. The number of aromatic nitrogens is 4. The van der Waals surface area contributed by atoms with E-state index in [0.29, 0.717) is 5.92 Å². The van der Waals surface area contributed by atoms with Gasteiger partial charge in [-0.25, -0.2) is 9.97 Å². The number of hydrogen-bond acceptors (Lipinski definition) is 7. The minimum absolute atomic E-state index is 0.664. The molecular weight excluding hydrogens is 308 g/mol. The molecule has 0 amide bonds. The highest BCUT2D eigenvalue weighted by molar-refractivity contribution is 8.01. The van der Waals surface area contributed by atoms with Gasteiger partial charge in [0, 0.05) is 11.3 Å². The average molecular weight is 320 g/mol. The maximum absolute atomic E-state index is 4.60. The van der Waals surface area contributed by atoms with Crippen LogP contribution >= 0.6 is 34.4 Å². The van der Waals surface area contributed by atoms with Gasteiger partial charge in [0.1, 0.15) is 20.7 Å². The topological polar surface area (TPSA) is 51.6 Å². The SMILES string of the molecule is Cc1nc(Sc2nnc(C3CC3)s2)c2c(C)csc2n1. The summed E-state index contributed by atoms with van der Waals surface area (Å²) in [5.74, 6) is 1.48. The molecule has 0 saturated heterocycles. The van der Waals surface area contributed by atoms with Crippen molar-refractivity contribution in [1.29, 1.82) is 0 Å². The Balaban J connectivity index is 1.74. The van der Waals surface area contributed by atoms with Crippen LogP contribution in [0.2, 0.25) is 0 Å². The third-order valence-corrected chi connectivity index (χ3v) is 6.34. The molecule has 0 unspecified atom stereocenters. The molecule has 20 heavy (non-hydrogen) atoms. The summed E-state index contributed by atoms with van der Waals surface area (Å²) >= 11 is 5.00. The highest BCUT2D eigenvalue weighted by atomic mass is 32.2. The van der Waals surface area contributed by atoms with Crippen molar-refractivity contribution in [3.8, 4) is 0 Å². The van der Waals surface area contributed by atoms with Crippen molar-refractivity contribution in [1.82, 2.24) is 20.2 Å². The van der Waals surface area contributed by atoms with Crippen LogP contribution in [0.1, 0.15) is 35.2 Å². The highest BCUT2D eigenvalue weighted by Crippen LogP contribution is 2.44. The summed E-state index contributed by atoms with van der Waals surface area (Å²) in [6.45, 7) is 4.05. The number of aryl methyl sites for hydroxylation is 2. The fraction of sp³-hybridized carbons (Fsp3) is 0.385. The first kappa shape index (κ1) is 12.7. The van der Waals surface area contributed by atoms with E-state index in [9.17, 15) is 0 Å². The quantitative estimate of drug-likeness (QED) is 0.677. The summed E-state index contributed by atoms with van der Waals surface area (Å²) in [5.41, 5.74) is 1.24. The second-order valence-electron chi connectivity index (χ2n) is 4.96. The third-order valence-electron chi connectivity index (χ3n) is 3.23. The second kappa shape index (κ2) is 4.75. The lowest BCUT2D eigenvalue weighted by Crippen LogP contribution is -1.90. The fourth-order valence-electron chi connectivity index (χ4n) is 2.06. The van der Waals surface area contributed by atoms with E-state index in [2.05, 4.69) is 32.5 Å². The molecule has 4 rings (SSSR count). The molecule has 0 N–H and O–H groups in total. The zero-order valence-corrected chi connectivity index (χ0v) is 13.5. The first-order valence-electron chi connectivity index (χ1n) is 6.44. The Morgan fingerprint density at radius 1 is 1.20 bits per heavy atom. The van der Waals surface area contributed by atoms with Crippen LogP contribution in [-0.4, -0.2) is 20.2 Å². The van der Waals surface area contributed by atoms with E-state index in [-0.39, 0.29) is 0 Å². The zero-order valence-electron chi connectivity index (χ0n) is 11.1. The molecule has 0 aromatic carbocycles. The first-order chi connectivity index (χ1) is 9.70. The van der Waals surface area contributed by atoms with Gasteiger partial charge in [0.15, 0.2) is 4.34 Å². The maximum atomic E-state index is 4.60. The van der Waals surface area contributed by atoms with E-state index in [1.165, 1.54) is 23.4 Å². The van der Waals surface area contributed by atoms with E-state index >= 15 is 0 Å². The van der Waals surface area contributed by atoms with Gasteiger partial charge in [0.25, 0.3) is 0 Å². The summed E-state index contributed by atoms with van der Waals surface area (Å²) in [7, 11) is 0. The molecule has 3 aromatic heterocycles. The van der Waals surface area contributed by atoms with Crippen LogP contribution in [0.5, 0.6) is 0 Å². The summed E-state index contributed by atoms with van der Waals surface area (Å²) in [4.78, 5) is 10.2. The number of rotatable bonds is 3. The summed E-state index contributed by atoms with van der Waals surface area (Å²) in [6, 6.07) is 0. The minimum Gasteiger partial charge on any atom is -0.226 e. The minimum atomic E-state index is 0.664. The van der Waals surface area contributed by atoms with Crippen molar-refractivity contribution in [3.63, 3.8) is 0 Å². The van der Waals surface area contributed by atoms with Crippen LogP contribution in [0.3, 0.4) is 0 Å². The number of nitrogens with zero attached hydrogens (tertiary/aromatic N) is 4. The normalized spacial score (nSPS) is 15.1. The lowest BCUT2D eigenvalue weighted by atomic mass is 10.3. The van der Waals surface area contributed by atoms with Crippen molar-refractivity contribution in [2.75, 3.05) is 0 Å². The Bertz CT molecular complexity index is 788. The van der Waals surface area contributed by atoms with Gasteiger partial charge >= 0.3 is 0 Å². The van der Waals surface area contributed by atoms with Crippen LogP contribution in [0.15, 0.2) is 14.7 Å². The van der Waals surface area contributed by atoms with E-state index in [1.807, 2.05) is 6.92 Å². The van der Waals surface area contributed by atoms with Gasteiger partial charge in [0.2, 0.25) is 0 Å². The molecule has 1 aliphatic carbocycles. The van der Waals surface area contributed by atoms with Crippen LogP contribution in [0.4, 0.5) is 0 Å². The third kappa shape index (κ3) is 2.23. The molecule has 0 bridgehead atoms. The summed E-state index contributed by atoms with van der Waals surface area (Å²) < 4.78 is 0.983. The second-order valence-corrected chi connectivity index (χ2v) is 8.06. The van der Waals surface area contributed by atoms with Gasteiger partial charge in [-0.15, -0.1) is 21.5 Å². The molecule has 3 heterocycles. The van der Waals surface area contributed by atoms with Crippen LogP contribution in [0, 0.1) is 13.8 Å². The molecule has 0 atom stereocenters. The molecule has 1 aliphatic rings. The van der Waals surface area contributed by atoms with Gasteiger partial charge in [-0.1, -0.05) is 11.3 Å². The number of thiophene rings is 1. The average Bonchev–Trinajstić information content (AvgIpc) is 3.06. The van der Waals surface area contributed by atoms with Crippen molar-refractivity contribution < 1.29 is 0 Å². The standard InChI is InChI=1S/C13H12N4S3/c1-6-5-18-11-9(6)12(15-7(2)14-11)20-13-17-16-10(19-13)8-3-4-8/h5,8H,3-4H2,1-2H3. The van der Waals surface area contributed by atoms with E-state index in [4.69, 9.17) is 0 Å². The Hall–Kier alpha value is -1.05. The number of hydrogen-bond donors (Lipinski definition) is 0. The monoisotopic (exact) mass is 320 g/mol. The van der Waals surface area contributed by atoms with Gasteiger partial charge < -0.3 is 0 Å². The summed E-state index contributed by atoms with van der Waals surface area (Å²) in [6.07, 6.45) is 2.53. The molecule has 3 aromatic rings. The Kier molecular flexibility index (Phi) is 3.01. The van der Waals surface area contributed by atoms with Gasteiger partial charge in [-0.05, 0) is 49.4 Å². The van der Waals surface area contributed by atoms with Crippen LogP contribution in [-0.2, 0) is 0 Å².